The van der Waals surface area contributed by atoms with E-state index in [9.17, 15) is 8.42 Å². The van der Waals surface area contributed by atoms with Crippen molar-refractivity contribution < 1.29 is 8.42 Å². The number of anilines is 1. The number of sulfone groups is 1. The molecule has 0 unspecified atom stereocenters. The van der Waals surface area contributed by atoms with Crippen molar-refractivity contribution in [3.05, 3.63) is 46.7 Å². The maximum atomic E-state index is 13.3. The Morgan fingerprint density at radius 3 is 2.85 bits per heavy atom. The fourth-order valence-electron chi connectivity index (χ4n) is 3.20. The Bertz CT molecular complexity index is 1110. The predicted molar refractivity (Wildman–Crippen MR) is 99.5 cm³/mol. The second-order valence-corrected chi connectivity index (χ2v) is 8.68. The second kappa shape index (κ2) is 6.22. The minimum atomic E-state index is -3.83. The van der Waals surface area contributed by atoms with Gasteiger partial charge in [0.2, 0.25) is 9.84 Å². The van der Waals surface area contributed by atoms with Gasteiger partial charge in [0.15, 0.2) is 16.4 Å². The van der Waals surface area contributed by atoms with E-state index in [0.29, 0.717) is 10.7 Å². The van der Waals surface area contributed by atoms with E-state index in [0.717, 1.165) is 30.8 Å². The summed E-state index contributed by atoms with van der Waals surface area (Å²) >= 11 is 5.99. The summed E-state index contributed by atoms with van der Waals surface area (Å²) in [5, 5.41) is 7.63. The molecule has 0 radical (unpaired) electrons. The Morgan fingerprint density at radius 2 is 2.12 bits per heavy atom. The molecule has 0 bridgehead atoms. The van der Waals surface area contributed by atoms with E-state index in [-0.39, 0.29) is 15.6 Å². The highest BCUT2D eigenvalue weighted by Crippen LogP contribution is 2.32. The van der Waals surface area contributed by atoms with Crippen molar-refractivity contribution in [2.24, 2.45) is 0 Å². The molecule has 0 saturated heterocycles. The molecule has 1 aliphatic rings. The first-order valence-electron chi connectivity index (χ1n) is 8.18. The van der Waals surface area contributed by atoms with Gasteiger partial charge in [-0.05, 0) is 25.2 Å². The van der Waals surface area contributed by atoms with Crippen molar-refractivity contribution in [3.8, 4) is 0 Å². The molecule has 2 aromatic heterocycles. The van der Waals surface area contributed by atoms with Gasteiger partial charge in [-0.2, -0.15) is 0 Å². The maximum Gasteiger partial charge on any atom is 0.214 e. The summed E-state index contributed by atoms with van der Waals surface area (Å²) in [6, 6.07) is 6.22. The second-order valence-electron chi connectivity index (χ2n) is 6.36. The summed E-state index contributed by atoms with van der Waals surface area (Å²) in [7, 11) is -0.137. The van der Waals surface area contributed by atoms with Crippen LogP contribution in [0, 0.1) is 0 Å². The molecular weight excluding hydrogens is 374 g/mol. The zero-order valence-corrected chi connectivity index (χ0v) is 16.0. The highest BCUT2D eigenvalue weighted by atomic mass is 35.5. The van der Waals surface area contributed by atoms with E-state index in [2.05, 4.69) is 20.3 Å². The van der Waals surface area contributed by atoms with Gasteiger partial charge >= 0.3 is 0 Å². The van der Waals surface area contributed by atoms with E-state index in [1.807, 2.05) is 13.2 Å². The topological polar surface area (TPSA) is 79.6 Å². The summed E-state index contributed by atoms with van der Waals surface area (Å²) < 4.78 is 28.1. The monoisotopic (exact) mass is 391 g/mol. The van der Waals surface area contributed by atoms with Crippen molar-refractivity contribution >= 4 is 32.9 Å². The lowest BCUT2D eigenvalue weighted by molar-refractivity contribution is 0.309. The molecule has 3 aromatic rings. The summed E-state index contributed by atoms with van der Waals surface area (Å²) in [5.74, 6) is 0.271. The average molecular weight is 392 g/mol. The fraction of sp³-hybridized carbons (Fsp3) is 0.294. The number of likely N-dealkylation sites (N-methyl/N-ethyl adjacent to an activating group) is 1. The van der Waals surface area contributed by atoms with Gasteiger partial charge < -0.3 is 10.2 Å². The molecule has 0 aliphatic carbocycles. The SMILES string of the molecule is CNc1nn2cc3c(nc2c1S(=O)(=O)c1cccc(Cl)c1)CCN(C)C3. The summed E-state index contributed by atoms with van der Waals surface area (Å²) in [4.78, 5) is 7.05. The quantitative estimate of drug-likeness (QED) is 0.737. The zero-order chi connectivity index (χ0) is 18.5. The minimum Gasteiger partial charge on any atom is -0.370 e. The third-order valence-corrected chi connectivity index (χ3v) is 6.54. The van der Waals surface area contributed by atoms with Crippen LogP contribution in [0.5, 0.6) is 0 Å². The van der Waals surface area contributed by atoms with E-state index in [1.165, 1.54) is 12.1 Å². The van der Waals surface area contributed by atoms with Crippen LogP contribution in [-0.4, -0.2) is 48.6 Å². The van der Waals surface area contributed by atoms with Crippen molar-refractivity contribution in [1.82, 2.24) is 19.5 Å². The molecule has 1 N–H and O–H groups in total. The van der Waals surface area contributed by atoms with Gasteiger partial charge in [0.1, 0.15) is 0 Å². The Hall–Kier alpha value is -2.16. The van der Waals surface area contributed by atoms with Crippen LogP contribution in [0.4, 0.5) is 5.82 Å². The van der Waals surface area contributed by atoms with E-state index in [1.54, 1.807) is 23.7 Å². The molecule has 1 aromatic carbocycles. The molecular formula is C17H18ClN5O2S. The Morgan fingerprint density at radius 1 is 1.31 bits per heavy atom. The smallest absolute Gasteiger partial charge is 0.214 e. The summed E-state index contributed by atoms with van der Waals surface area (Å²) in [6.07, 6.45) is 2.64. The number of halogens is 1. The molecule has 136 valence electrons. The van der Waals surface area contributed by atoms with Crippen LogP contribution in [0.3, 0.4) is 0 Å². The molecule has 9 heteroatoms. The zero-order valence-electron chi connectivity index (χ0n) is 14.4. The van der Waals surface area contributed by atoms with Crippen LogP contribution in [0.1, 0.15) is 11.3 Å². The molecule has 3 heterocycles. The van der Waals surface area contributed by atoms with Gasteiger partial charge in [0, 0.05) is 43.3 Å². The predicted octanol–water partition coefficient (Wildman–Crippen LogP) is 2.25. The molecule has 0 saturated carbocycles. The third kappa shape index (κ3) is 2.74. The van der Waals surface area contributed by atoms with Gasteiger partial charge in [-0.15, -0.1) is 5.10 Å². The molecule has 0 amide bonds. The lowest BCUT2D eigenvalue weighted by Crippen LogP contribution is -2.27. The molecule has 7 nitrogen and oxygen atoms in total. The minimum absolute atomic E-state index is 0.0731. The van der Waals surface area contributed by atoms with E-state index >= 15 is 0 Å². The number of benzene rings is 1. The van der Waals surface area contributed by atoms with Crippen LogP contribution in [-0.2, 0) is 22.8 Å². The highest BCUT2D eigenvalue weighted by Gasteiger charge is 2.29. The third-order valence-electron chi connectivity index (χ3n) is 4.52. The van der Waals surface area contributed by atoms with Crippen LogP contribution in [0.2, 0.25) is 5.02 Å². The van der Waals surface area contributed by atoms with Crippen molar-refractivity contribution in [2.75, 3.05) is 26.0 Å². The molecule has 26 heavy (non-hydrogen) atoms. The lowest BCUT2D eigenvalue weighted by Gasteiger charge is -2.23. The van der Waals surface area contributed by atoms with Gasteiger partial charge in [-0.3, -0.25) is 0 Å². The molecule has 0 atom stereocenters. The molecule has 0 spiro atoms. The average Bonchev–Trinajstić information content (AvgIpc) is 2.97. The number of hydrogen-bond donors (Lipinski definition) is 1. The number of aromatic nitrogens is 3. The van der Waals surface area contributed by atoms with Crippen molar-refractivity contribution in [1.29, 1.82) is 0 Å². The first-order valence-corrected chi connectivity index (χ1v) is 10.0. The number of hydrogen-bond acceptors (Lipinski definition) is 6. The number of nitrogens with zero attached hydrogens (tertiary/aromatic N) is 4. The van der Waals surface area contributed by atoms with E-state index in [4.69, 9.17) is 11.6 Å². The van der Waals surface area contributed by atoms with Crippen LogP contribution < -0.4 is 5.32 Å². The first kappa shape index (κ1) is 17.3. The maximum absolute atomic E-state index is 13.3. The Balaban J connectivity index is 1.97. The molecule has 4 rings (SSSR count). The number of fused-ring (bicyclic) bond motifs is 2. The fourth-order valence-corrected chi connectivity index (χ4v) is 5.01. The highest BCUT2D eigenvalue weighted by molar-refractivity contribution is 7.91. The normalized spacial score (nSPS) is 15.2. The van der Waals surface area contributed by atoms with Gasteiger partial charge in [0.05, 0.1) is 10.6 Å². The van der Waals surface area contributed by atoms with Crippen molar-refractivity contribution in [3.63, 3.8) is 0 Å². The van der Waals surface area contributed by atoms with Crippen molar-refractivity contribution in [2.45, 2.75) is 22.8 Å². The number of nitrogens with one attached hydrogen (secondary N) is 1. The lowest BCUT2D eigenvalue weighted by atomic mass is 10.1. The molecule has 1 aliphatic heterocycles. The van der Waals surface area contributed by atoms with E-state index < -0.39 is 9.84 Å². The van der Waals surface area contributed by atoms with Crippen LogP contribution >= 0.6 is 11.6 Å². The largest absolute Gasteiger partial charge is 0.370 e. The Kier molecular flexibility index (Phi) is 4.13. The van der Waals surface area contributed by atoms with Gasteiger partial charge in [0.25, 0.3) is 0 Å². The number of rotatable bonds is 3. The van der Waals surface area contributed by atoms with Gasteiger partial charge in [-0.1, -0.05) is 17.7 Å². The van der Waals surface area contributed by atoms with Gasteiger partial charge in [-0.25, -0.2) is 17.9 Å². The first-order chi connectivity index (χ1) is 12.4. The summed E-state index contributed by atoms with van der Waals surface area (Å²) in [5.41, 5.74) is 2.31. The van der Waals surface area contributed by atoms with Crippen LogP contribution in [0.15, 0.2) is 40.3 Å². The standard InChI is InChI=1S/C17H18ClN5O2S/c1-19-16-15(26(24,25)13-5-3-4-12(18)8-13)17-20-14-6-7-22(2)9-11(14)10-23(17)21-16/h3-5,8,10H,6-7,9H2,1-2H3,(H,19,21). The molecule has 0 fully saturated rings. The summed E-state index contributed by atoms with van der Waals surface area (Å²) in [6.45, 7) is 1.66. The van der Waals surface area contributed by atoms with Crippen LogP contribution in [0.25, 0.3) is 5.65 Å². The Labute approximate surface area is 156 Å².